The second kappa shape index (κ2) is 11.9. The fourth-order valence-corrected chi connectivity index (χ4v) is 3.97. The molecule has 0 saturated carbocycles. The standard InChI is InChI=1S/C25H27NO3.H3NO2S/c1-3-19-10-9-18(11-20(19)4-2)16-29-25-17-28-23(12-24(25)27)15-26-13-21-7-5-6-8-22(21)14-26;1-4(2)3/h5-12,17H,3-4,13-16H2,1-2H3;1H2,(H,2,3)/p-1. The highest BCUT2D eigenvalue weighted by molar-refractivity contribution is 7.76. The van der Waals surface area contributed by atoms with Crippen molar-refractivity contribution in [1.82, 2.24) is 4.90 Å². The minimum atomic E-state index is -2.36. The summed E-state index contributed by atoms with van der Waals surface area (Å²) >= 11 is -2.36. The van der Waals surface area contributed by atoms with E-state index in [2.05, 4.69) is 66.4 Å². The van der Waals surface area contributed by atoms with Crippen LogP contribution in [-0.2, 0) is 50.3 Å². The Morgan fingerprint density at radius 2 is 1.70 bits per heavy atom. The van der Waals surface area contributed by atoms with Gasteiger partial charge in [-0.05, 0) is 40.7 Å². The van der Waals surface area contributed by atoms with Gasteiger partial charge in [0.25, 0.3) is 0 Å². The summed E-state index contributed by atoms with van der Waals surface area (Å²) in [6, 6.07) is 16.4. The Morgan fingerprint density at radius 3 is 2.27 bits per heavy atom. The van der Waals surface area contributed by atoms with E-state index in [1.54, 1.807) is 6.07 Å². The second-order valence-corrected chi connectivity index (χ2v) is 8.37. The average Bonchev–Trinajstić information content (AvgIpc) is 3.20. The van der Waals surface area contributed by atoms with Crippen LogP contribution in [0.5, 0.6) is 5.75 Å². The lowest BCUT2D eigenvalue weighted by molar-refractivity contribution is 0.241. The molecule has 0 fully saturated rings. The summed E-state index contributed by atoms with van der Waals surface area (Å²) in [7, 11) is 0. The van der Waals surface area contributed by atoms with Crippen molar-refractivity contribution in [3.05, 3.63) is 98.6 Å². The van der Waals surface area contributed by atoms with E-state index in [0.717, 1.165) is 31.5 Å². The molecule has 8 heteroatoms. The zero-order valence-electron chi connectivity index (χ0n) is 18.9. The van der Waals surface area contributed by atoms with Gasteiger partial charge in [0.1, 0.15) is 18.6 Å². The van der Waals surface area contributed by atoms with E-state index in [4.69, 9.17) is 17.9 Å². The third-order valence-corrected chi connectivity index (χ3v) is 5.56. The highest BCUT2D eigenvalue weighted by Crippen LogP contribution is 2.24. The molecule has 4 rings (SSSR count). The SMILES string of the molecule is CCc1ccc(COc2coc(CN3Cc4ccccc4C3)cc2=O)cc1CC.NS(=O)[O-]. The predicted octanol–water partition coefficient (Wildman–Crippen LogP) is 3.60. The van der Waals surface area contributed by atoms with Crippen LogP contribution in [0.2, 0.25) is 0 Å². The molecule has 1 aliphatic rings. The van der Waals surface area contributed by atoms with Gasteiger partial charge < -0.3 is 13.7 Å². The Balaban J connectivity index is 0.000000709. The molecule has 3 aromatic rings. The van der Waals surface area contributed by atoms with Gasteiger partial charge in [0, 0.05) is 30.4 Å². The van der Waals surface area contributed by atoms with Gasteiger partial charge in [0.2, 0.25) is 11.2 Å². The van der Waals surface area contributed by atoms with Gasteiger partial charge in [-0.3, -0.25) is 19.0 Å². The largest absolute Gasteiger partial charge is 0.760 e. The molecule has 2 aromatic carbocycles. The summed E-state index contributed by atoms with van der Waals surface area (Å²) in [5.74, 6) is 0.923. The molecule has 33 heavy (non-hydrogen) atoms. The average molecular weight is 470 g/mol. The first-order chi connectivity index (χ1) is 15.9. The van der Waals surface area contributed by atoms with Gasteiger partial charge in [0.15, 0.2) is 0 Å². The smallest absolute Gasteiger partial charge is 0.227 e. The van der Waals surface area contributed by atoms with E-state index in [1.807, 2.05) is 0 Å². The lowest BCUT2D eigenvalue weighted by Crippen LogP contribution is -2.17. The Morgan fingerprint density at radius 1 is 1.06 bits per heavy atom. The molecule has 1 atom stereocenters. The number of ether oxygens (including phenoxy) is 1. The zero-order chi connectivity index (χ0) is 23.8. The second-order valence-electron chi connectivity index (χ2n) is 7.85. The zero-order valence-corrected chi connectivity index (χ0v) is 19.7. The number of rotatable bonds is 7. The molecule has 1 unspecified atom stereocenters. The van der Waals surface area contributed by atoms with E-state index in [0.29, 0.717) is 18.9 Å². The Kier molecular flexibility index (Phi) is 8.96. The Labute approximate surface area is 196 Å². The maximum atomic E-state index is 12.5. The summed E-state index contributed by atoms with van der Waals surface area (Å²) in [6.07, 6.45) is 3.47. The van der Waals surface area contributed by atoms with Gasteiger partial charge in [-0.1, -0.05) is 56.3 Å². The minimum absolute atomic E-state index is 0.135. The topological polar surface area (TPSA) is 109 Å². The Hall–Kier alpha value is -2.78. The molecule has 2 heterocycles. The van der Waals surface area contributed by atoms with Gasteiger partial charge in [-0.15, -0.1) is 0 Å². The first-order valence-electron chi connectivity index (χ1n) is 10.9. The first-order valence-corrected chi connectivity index (χ1v) is 12.0. The van der Waals surface area contributed by atoms with Crippen molar-refractivity contribution >= 4 is 11.3 Å². The molecular weight excluding hydrogens is 440 g/mol. The van der Waals surface area contributed by atoms with E-state index in [1.165, 1.54) is 28.5 Å². The van der Waals surface area contributed by atoms with Gasteiger partial charge >= 0.3 is 0 Å². The van der Waals surface area contributed by atoms with Crippen LogP contribution in [0.3, 0.4) is 0 Å². The molecule has 1 aliphatic heterocycles. The molecule has 0 spiro atoms. The molecule has 7 nitrogen and oxygen atoms in total. The normalized spacial score (nSPS) is 13.7. The lowest BCUT2D eigenvalue weighted by atomic mass is 10.0. The van der Waals surface area contributed by atoms with Crippen LogP contribution >= 0.6 is 0 Å². The van der Waals surface area contributed by atoms with Crippen molar-refractivity contribution in [3.63, 3.8) is 0 Å². The van der Waals surface area contributed by atoms with Crippen LogP contribution in [0.4, 0.5) is 0 Å². The highest BCUT2D eigenvalue weighted by Gasteiger charge is 2.19. The maximum Gasteiger partial charge on any atom is 0.227 e. The molecule has 0 aliphatic carbocycles. The molecule has 1 aromatic heterocycles. The molecule has 0 amide bonds. The van der Waals surface area contributed by atoms with E-state index in [-0.39, 0.29) is 11.2 Å². The predicted molar refractivity (Wildman–Crippen MR) is 127 cm³/mol. The van der Waals surface area contributed by atoms with E-state index >= 15 is 0 Å². The summed E-state index contributed by atoms with van der Waals surface area (Å²) in [5.41, 5.74) is 6.32. The van der Waals surface area contributed by atoms with Crippen molar-refractivity contribution in [2.75, 3.05) is 0 Å². The van der Waals surface area contributed by atoms with Gasteiger partial charge in [0.05, 0.1) is 6.54 Å². The number of aryl methyl sites for hydroxylation is 2. The van der Waals surface area contributed by atoms with Crippen LogP contribution in [0.15, 0.2) is 64.0 Å². The summed E-state index contributed by atoms with van der Waals surface area (Å²) in [4.78, 5) is 14.7. The summed E-state index contributed by atoms with van der Waals surface area (Å²) in [5, 5.41) is 4.03. The number of hydrogen-bond acceptors (Lipinski definition) is 6. The minimum Gasteiger partial charge on any atom is -0.760 e. The quantitative estimate of drug-likeness (QED) is 0.530. The Bertz CT molecular complexity index is 1130. The number of nitrogens with two attached hydrogens (primary N) is 1. The molecule has 176 valence electrons. The third-order valence-electron chi connectivity index (χ3n) is 5.56. The monoisotopic (exact) mass is 469 g/mol. The van der Waals surface area contributed by atoms with Crippen LogP contribution < -0.4 is 15.3 Å². The maximum absolute atomic E-state index is 12.5. The molecule has 0 saturated heterocycles. The van der Waals surface area contributed by atoms with Crippen LogP contribution in [0.25, 0.3) is 0 Å². The van der Waals surface area contributed by atoms with Crippen molar-refractivity contribution in [3.8, 4) is 5.75 Å². The van der Waals surface area contributed by atoms with E-state index < -0.39 is 11.3 Å². The molecule has 0 radical (unpaired) electrons. The number of nitrogens with zero attached hydrogens (tertiary/aromatic N) is 1. The number of hydrogen-bond donors (Lipinski definition) is 1. The van der Waals surface area contributed by atoms with Crippen molar-refractivity contribution in [2.45, 2.75) is 52.9 Å². The van der Waals surface area contributed by atoms with Crippen molar-refractivity contribution < 1.29 is 17.9 Å². The summed E-state index contributed by atoms with van der Waals surface area (Å²) in [6.45, 7) is 7.06. The fourth-order valence-electron chi connectivity index (χ4n) is 3.97. The highest BCUT2D eigenvalue weighted by atomic mass is 32.2. The van der Waals surface area contributed by atoms with Crippen LogP contribution in [0, 0.1) is 0 Å². The van der Waals surface area contributed by atoms with Crippen LogP contribution in [0.1, 0.15) is 47.4 Å². The van der Waals surface area contributed by atoms with Crippen LogP contribution in [-0.4, -0.2) is 13.7 Å². The van der Waals surface area contributed by atoms with E-state index in [9.17, 15) is 4.79 Å². The lowest BCUT2D eigenvalue weighted by Gasteiger charge is -2.14. The number of benzene rings is 2. The van der Waals surface area contributed by atoms with Crippen molar-refractivity contribution in [1.29, 1.82) is 0 Å². The molecule has 0 bridgehead atoms. The fraction of sp³-hybridized carbons (Fsp3) is 0.320. The third kappa shape index (κ3) is 7.10. The van der Waals surface area contributed by atoms with Gasteiger partial charge in [-0.2, -0.15) is 0 Å². The molecule has 2 N–H and O–H groups in total. The first kappa shape index (κ1) is 24.9. The summed E-state index contributed by atoms with van der Waals surface area (Å²) < 4.78 is 29.0. The molecular formula is C25H29N2O5S-. The van der Waals surface area contributed by atoms with Gasteiger partial charge in [-0.25, -0.2) is 0 Å². The van der Waals surface area contributed by atoms with Crippen molar-refractivity contribution in [2.24, 2.45) is 5.14 Å². The number of fused-ring (bicyclic) bond motifs is 1.